The first-order valence-corrected chi connectivity index (χ1v) is 9.71. The molecular formula is C22H23ClN4O. The Morgan fingerprint density at radius 2 is 1.79 bits per heavy atom. The highest BCUT2D eigenvalue weighted by Crippen LogP contribution is 2.29. The van der Waals surface area contributed by atoms with E-state index in [1.165, 1.54) is 6.92 Å². The van der Waals surface area contributed by atoms with Gasteiger partial charge in [-0.25, -0.2) is 9.97 Å². The molecule has 2 aromatic carbocycles. The van der Waals surface area contributed by atoms with Crippen molar-refractivity contribution in [3.63, 3.8) is 0 Å². The van der Waals surface area contributed by atoms with Gasteiger partial charge in [0, 0.05) is 22.8 Å². The lowest BCUT2D eigenvalue weighted by Crippen LogP contribution is -2.13. The van der Waals surface area contributed by atoms with Crippen molar-refractivity contribution in [2.45, 2.75) is 26.7 Å². The summed E-state index contributed by atoms with van der Waals surface area (Å²) in [5, 5.41) is 7.15. The summed E-state index contributed by atoms with van der Waals surface area (Å²) < 4.78 is 0. The number of Topliss-reactive ketones (excluding diaryl/α,β-unsaturated/α-hetero) is 1. The quantitative estimate of drug-likeness (QED) is 0.364. The molecule has 0 bridgehead atoms. The minimum Gasteiger partial charge on any atom is -0.369 e. The van der Waals surface area contributed by atoms with Gasteiger partial charge in [-0.15, -0.1) is 0 Å². The highest BCUT2D eigenvalue weighted by molar-refractivity contribution is 6.30. The average Bonchev–Trinajstić information content (AvgIpc) is 2.68. The minimum atomic E-state index is -0.108. The third kappa shape index (κ3) is 4.87. The van der Waals surface area contributed by atoms with E-state index in [2.05, 4.69) is 27.5 Å². The average molecular weight is 395 g/mol. The molecule has 0 fully saturated rings. The molecule has 0 saturated carbocycles. The van der Waals surface area contributed by atoms with E-state index in [0.29, 0.717) is 28.0 Å². The Morgan fingerprint density at radius 1 is 1.04 bits per heavy atom. The van der Waals surface area contributed by atoms with E-state index in [1.54, 1.807) is 12.1 Å². The third-order valence-electron chi connectivity index (χ3n) is 4.20. The zero-order chi connectivity index (χ0) is 19.9. The normalized spacial score (nSPS) is 10.5. The van der Waals surface area contributed by atoms with E-state index >= 15 is 0 Å². The predicted octanol–water partition coefficient (Wildman–Crippen LogP) is 5.96. The van der Waals surface area contributed by atoms with E-state index in [-0.39, 0.29) is 5.78 Å². The van der Waals surface area contributed by atoms with Crippen molar-refractivity contribution in [2.24, 2.45) is 0 Å². The molecular weight excluding hydrogens is 372 g/mol. The molecule has 144 valence electrons. The molecule has 0 atom stereocenters. The van der Waals surface area contributed by atoms with Crippen LogP contribution in [0.4, 0.5) is 17.3 Å². The predicted molar refractivity (Wildman–Crippen MR) is 116 cm³/mol. The number of unbranched alkanes of at least 4 members (excludes halogenated alkanes) is 1. The zero-order valence-corrected chi connectivity index (χ0v) is 16.8. The van der Waals surface area contributed by atoms with Crippen molar-refractivity contribution in [1.29, 1.82) is 0 Å². The number of carbonyl (C=O) groups excluding carboxylic acids is 1. The van der Waals surface area contributed by atoms with Crippen LogP contribution in [0.5, 0.6) is 0 Å². The maximum absolute atomic E-state index is 12.4. The number of hydrogen-bond donors (Lipinski definition) is 2. The van der Waals surface area contributed by atoms with E-state index in [4.69, 9.17) is 11.6 Å². The van der Waals surface area contributed by atoms with Gasteiger partial charge in [-0.3, -0.25) is 4.79 Å². The number of anilines is 3. The molecule has 2 N–H and O–H groups in total. The maximum Gasteiger partial charge on any atom is 0.167 e. The van der Waals surface area contributed by atoms with Crippen LogP contribution in [-0.2, 0) is 0 Å². The number of ketones is 1. The molecule has 0 saturated heterocycles. The molecule has 5 nitrogen and oxygen atoms in total. The molecule has 0 aliphatic carbocycles. The Balaban J connectivity index is 2.10. The number of nitrogens with zero attached hydrogens (tertiary/aromatic N) is 2. The number of nitrogens with one attached hydrogen (secondary N) is 2. The Hall–Kier alpha value is -2.92. The van der Waals surface area contributed by atoms with Crippen LogP contribution < -0.4 is 10.6 Å². The van der Waals surface area contributed by atoms with Gasteiger partial charge < -0.3 is 10.6 Å². The fourth-order valence-corrected chi connectivity index (χ4v) is 3.01. The van der Waals surface area contributed by atoms with Gasteiger partial charge in [0.2, 0.25) is 0 Å². The summed E-state index contributed by atoms with van der Waals surface area (Å²) in [4.78, 5) is 21.7. The fourth-order valence-electron chi connectivity index (χ4n) is 2.82. The van der Waals surface area contributed by atoms with Crippen LogP contribution >= 0.6 is 11.6 Å². The smallest absolute Gasteiger partial charge is 0.167 e. The lowest BCUT2D eigenvalue weighted by atomic mass is 10.1. The SMILES string of the molecule is CCCCNc1nc(-c2ccccc2)nc(Nc2cccc(Cl)c2)c1C(C)=O. The van der Waals surface area contributed by atoms with Crippen molar-refractivity contribution >= 4 is 34.7 Å². The van der Waals surface area contributed by atoms with Gasteiger partial charge in [0.15, 0.2) is 11.6 Å². The largest absolute Gasteiger partial charge is 0.369 e. The first kappa shape index (κ1) is 19.8. The van der Waals surface area contributed by atoms with Crippen LogP contribution in [0.3, 0.4) is 0 Å². The maximum atomic E-state index is 12.4. The molecule has 1 aromatic heterocycles. The molecule has 3 rings (SSSR count). The van der Waals surface area contributed by atoms with Gasteiger partial charge >= 0.3 is 0 Å². The van der Waals surface area contributed by atoms with Gasteiger partial charge in [0.25, 0.3) is 0 Å². The van der Waals surface area contributed by atoms with E-state index < -0.39 is 0 Å². The van der Waals surface area contributed by atoms with Gasteiger partial charge in [-0.05, 0) is 31.5 Å². The van der Waals surface area contributed by atoms with Gasteiger partial charge in [-0.2, -0.15) is 0 Å². The zero-order valence-electron chi connectivity index (χ0n) is 16.0. The molecule has 1 heterocycles. The fraction of sp³-hybridized carbons (Fsp3) is 0.227. The third-order valence-corrected chi connectivity index (χ3v) is 4.44. The lowest BCUT2D eigenvalue weighted by Gasteiger charge is -2.16. The standard InChI is InChI=1S/C22H23ClN4O/c1-3-4-13-24-21-19(15(2)28)22(25-18-12-8-11-17(23)14-18)27-20(26-21)16-9-6-5-7-10-16/h5-12,14H,3-4,13H2,1-2H3,(H2,24,25,26,27). The molecule has 0 amide bonds. The first-order chi connectivity index (χ1) is 13.6. The summed E-state index contributed by atoms with van der Waals surface area (Å²) in [5.41, 5.74) is 2.08. The first-order valence-electron chi connectivity index (χ1n) is 9.33. The minimum absolute atomic E-state index is 0.108. The summed E-state index contributed by atoms with van der Waals surface area (Å²) in [6, 6.07) is 17.0. The Morgan fingerprint density at radius 3 is 2.46 bits per heavy atom. The van der Waals surface area contributed by atoms with Crippen LogP contribution in [-0.4, -0.2) is 22.3 Å². The van der Waals surface area contributed by atoms with Crippen LogP contribution in [0.1, 0.15) is 37.0 Å². The number of carbonyl (C=O) groups is 1. The number of aromatic nitrogens is 2. The second-order valence-corrected chi connectivity index (χ2v) is 6.89. The Bertz CT molecular complexity index is 960. The summed E-state index contributed by atoms with van der Waals surface area (Å²) in [6.07, 6.45) is 2.03. The number of hydrogen-bond acceptors (Lipinski definition) is 5. The number of halogens is 1. The molecule has 0 spiro atoms. The van der Waals surface area contributed by atoms with Gasteiger partial charge in [-0.1, -0.05) is 61.3 Å². The summed E-state index contributed by atoms with van der Waals surface area (Å²) in [6.45, 7) is 4.38. The van der Waals surface area contributed by atoms with Gasteiger partial charge in [0.05, 0.1) is 0 Å². The molecule has 0 radical (unpaired) electrons. The van der Waals surface area contributed by atoms with E-state index in [0.717, 1.165) is 30.6 Å². The van der Waals surface area contributed by atoms with Crippen molar-refractivity contribution in [3.05, 3.63) is 65.2 Å². The van der Waals surface area contributed by atoms with Crippen LogP contribution in [0.2, 0.25) is 5.02 Å². The van der Waals surface area contributed by atoms with Crippen molar-refractivity contribution in [1.82, 2.24) is 9.97 Å². The molecule has 6 heteroatoms. The Labute approximate surface area is 170 Å². The van der Waals surface area contributed by atoms with Crippen molar-refractivity contribution in [2.75, 3.05) is 17.2 Å². The van der Waals surface area contributed by atoms with Crippen molar-refractivity contribution < 1.29 is 4.79 Å². The molecule has 0 aliphatic heterocycles. The molecule has 3 aromatic rings. The van der Waals surface area contributed by atoms with Crippen molar-refractivity contribution in [3.8, 4) is 11.4 Å². The highest BCUT2D eigenvalue weighted by atomic mass is 35.5. The van der Waals surface area contributed by atoms with E-state index in [1.807, 2.05) is 42.5 Å². The summed E-state index contributed by atoms with van der Waals surface area (Å²) >= 11 is 6.10. The topological polar surface area (TPSA) is 66.9 Å². The number of rotatable bonds is 8. The summed E-state index contributed by atoms with van der Waals surface area (Å²) in [5.74, 6) is 1.44. The Kier molecular flexibility index (Phi) is 6.61. The molecule has 0 aliphatic rings. The molecule has 0 unspecified atom stereocenters. The second-order valence-electron chi connectivity index (χ2n) is 6.46. The van der Waals surface area contributed by atoms with Crippen LogP contribution in [0, 0.1) is 0 Å². The summed E-state index contributed by atoms with van der Waals surface area (Å²) in [7, 11) is 0. The van der Waals surface area contributed by atoms with Crippen LogP contribution in [0.15, 0.2) is 54.6 Å². The van der Waals surface area contributed by atoms with E-state index in [9.17, 15) is 4.79 Å². The molecule has 28 heavy (non-hydrogen) atoms. The highest BCUT2D eigenvalue weighted by Gasteiger charge is 2.19. The lowest BCUT2D eigenvalue weighted by molar-refractivity contribution is 0.101. The number of benzene rings is 2. The second kappa shape index (κ2) is 9.33. The monoisotopic (exact) mass is 394 g/mol. The van der Waals surface area contributed by atoms with Gasteiger partial charge in [0.1, 0.15) is 17.2 Å². The van der Waals surface area contributed by atoms with Crippen LogP contribution in [0.25, 0.3) is 11.4 Å².